The van der Waals surface area contributed by atoms with Crippen LogP contribution < -0.4 is 11.1 Å². The highest BCUT2D eigenvalue weighted by atomic mass is 19.1. The Balaban J connectivity index is 2.46. The molecule has 0 aliphatic heterocycles. The Bertz CT molecular complexity index is 576. The molecule has 1 aromatic heterocycles. The van der Waals surface area contributed by atoms with Crippen molar-refractivity contribution in [3.8, 4) is 0 Å². The molecule has 2 rings (SSSR count). The number of rotatable bonds is 5. The number of halogens is 1. The summed E-state index contributed by atoms with van der Waals surface area (Å²) in [6.45, 7) is 1.96. The molecule has 6 heteroatoms. The second-order valence-corrected chi connectivity index (χ2v) is 4.38. The highest BCUT2D eigenvalue weighted by Crippen LogP contribution is 2.25. The lowest BCUT2D eigenvalue weighted by molar-refractivity contribution is 0.268. The highest BCUT2D eigenvalue weighted by Gasteiger charge is 2.14. The minimum Gasteiger partial charge on any atom is -0.394 e. The van der Waals surface area contributed by atoms with E-state index in [1.807, 2.05) is 6.92 Å². The number of benzene rings is 1. The average Bonchev–Trinajstić information content (AvgIpc) is 2.37. The molecule has 2 aromatic rings. The van der Waals surface area contributed by atoms with Crippen LogP contribution in [0.3, 0.4) is 0 Å². The zero-order chi connectivity index (χ0) is 13.8. The summed E-state index contributed by atoms with van der Waals surface area (Å²) in [7, 11) is 0. The van der Waals surface area contributed by atoms with E-state index in [4.69, 9.17) is 5.73 Å². The largest absolute Gasteiger partial charge is 0.394 e. The van der Waals surface area contributed by atoms with E-state index < -0.39 is 5.82 Å². The summed E-state index contributed by atoms with van der Waals surface area (Å²) in [4.78, 5) is 8.04. The van der Waals surface area contributed by atoms with Gasteiger partial charge in [-0.3, -0.25) is 0 Å². The van der Waals surface area contributed by atoms with E-state index in [1.54, 1.807) is 12.1 Å². The van der Waals surface area contributed by atoms with Gasteiger partial charge >= 0.3 is 0 Å². The van der Waals surface area contributed by atoms with E-state index in [0.717, 1.165) is 12.8 Å². The van der Waals surface area contributed by atoms with E-state index in [0.29, 0.717) is 16.7 Å². The van der Waals surface area contributed by atoms with Crippen LogP contribution in [-0.4, -0.2) is 27.7 Å². The number of nitrogens with one attached hydrogen (secondary N) is 1. The van der Waals surface area contributed by atoms with Crippen LogP contribution in [0.1, 0.15) is 19.8 Å². The molecule has 0 aliphatic carbocycles. The van der Waals surface area contributed by atoms with Gasteiger partial charge in [-0.1, -0.05) is 19.4 Å². The first-order valence-corrected chi connectivity index (χ1v) is 6.24. The molecule has 0 aliphatic rings. The van der Waals surface area contributed by atoms with Gasteiger partial charge in [-0.15, -0.1) is 0 Å². The second kappa shape index (κ2) is 5.79. The number of aliphatic hydroxyl groups excluding tert-OH is 1. The fourth-order valence-electron chi connectivity index (χ4n) is 2.01. The molecule has 5 nitrogen and oxygen atoms in total. The van der Waals surface area contributed by atoms with E-state index in [9.17, 15) is 9.50 Å². The number of aromatic nitrogens is 2. The van der Waals surface area contributed by atoms with Gasteiger partial charge in [-0.05, 0) is 18.6 Å². The van der Waals surface area contributed by atoms with Crippen LogP contribution in [0.5, 0.6) is 0 Å². The van der Waals surface area contributed by atoms with Crippen molar-refractivity contribution >= 4 is 22.7 Å². The Kier molecular flexibility index (Phi) is 4.11. The van der Waals surface area contributed by atoms with Crippen LogP contribution in [0.15, 0.2) is 18.2 Å². The molecule has 19 heavy (non-hydrogen) atoms. The third-order valence-corrected chi connectivity index (χ3v) is 2.89. The lowest BCUT2D eigenvalue weighted by Crippen LogP contribution is -2.24. The van der Waals surface area contributed by atoms with Crippen molar-refractivity contribution in [3.63, 3.8) is 0 Å². The summed E-state index contributed by atoms with van der Waals surface area (Å²) in [6.07, 6.45) is 1.66. The smallest absolute Gasteiger partial charge is 0.222 e. The number of hydrogen-bond donors (Lipinski definition) is 3. The van der Waals surface area contributed by atoms with Crippen LogP contribution in [0, 0.1) is 5.82 Å². The zero-order valence-electron chi connectivity index (χ0n) is 10.7. The number of nitrogens with zero attached hydrogens (tertiary/aromatic N) is 2. The van der Waals surface area contributed by atoms with Gasteiger partial charge in [0, 0.05) is 0 Å². The van der Waals surface area contributed by atoms with Crippen LogP contribution in [0.4, 0.5) is 16.2 Å². The molecule has 4 N–H and O–H groups in total. The van der Waals surface area contributed by atoms with Crippen molar-refractivity contribution in [2.24, 2.45) is 0 Å². The monoisotopic (exact) mass is 264 g/mol. The standard InChI is InChI=1S/C13H17FN4O/c1-2-4-8(7-19)16-12-11-9(14)5-3-6-10(11)17-13(15)18-12/h3,5-6,8,19H,2,4,7H2,1H3,(H3,15,16,17,18)/t8-/m1/s1. The van der Waals surface area contributed by atoms with Gasteiger partial charge in [-0.25, -0.2) is 9.37 Å². The van der Waals surface area contributed by atoms with Gasteiger partial charge in [0.15, 0.2) is 0 Å². The molecular weight excluding hydrogens is 247 g/mol. The fourth-order valence-corrected chi connectivity index (χ4v) is 2.01. The molecule has 1 aromatic carbocycles. The Morgan fingerprint density at radius 3 is 2.89 bits per heavy atom. The highest BCUT2D eigenvalue weighted by molar-refractivity contribution is 5.90. The van der Waals surface area contributed by atoms with Crippen molar-refractivity contribution in [2.45, 2.75) is 25.8 Å². The summed E-state index contributed by atoms with van der Waals surface area (Å²) >= 11 is 0. The topological polar surface area (TPSA) is 84.1 Å². The lowest BCUT2D eigenvalue weighted by Gasteiger charge is -2.17. The Labute approximate surface area is 110 Å². The van der Waals surface area contributed by atoms with Gasteiger partial charge in [0.05, 0.1) is 23.6 Å². The van der Waals surface area contributed by atoms with E-state index in [1.165, 1.54) is 6.07 Å². The zero-order valence-corrected chi connectivity index (χ0v) is 10.7. The van der Waals surface area contributed by atoms with Crippen LogP contribution in [-0.2, 0) is 0 Å². The number of nitrogen functional groups attached to an aromatic ring is 1. The van der Waals surface area contributed by atoms with Crippen molar-refractivity contribution in [2.75, 3.05) is 17.7 Å². The molecule has 1 heterocycles. The van der Waals surface area contributed by atoms with E-state index in [2.05, 4.69) is 15.3 Å². The maximum atomic E-state index is 13.9. The molecule has 0 radical (unpaired) electrons. The van der Waals surface area contributed by atoms with Crippen molar-refractivity contribution in [1.29, 1.82) is 0 Å². The summed E-state index contributed by atoms with van der Waals surface area (Å²) in [5.74, 6) is -0.00456. The summed E-state index contributed by atoms with van der Waals surface area (Å²) in [5, 5.41) is 12.6. The first kappa shape index (κ1) is 13.5. The SMILES string of the molecule is CCC[C@H](CO)Nc1nc(N)nc2cccc(F)c12. The average molecular weight is 264 g/mol. The van der Waals surface area contributed by atoms with Gasteiger partial charge < -0.3 is 16.2 Å². The van der Waals surface area contributed by atoms with Crippen molar-refractivity contribution in [3.05, 3.63) is 24.0 Å². The second-order valence-electron chi connectivity index (χ2n) is 4.38. The number of aliphatic hydroxyl groups is 1. The van der Waals surface area contributed by atoms with Gasteiger partial charge in [0.1, 0.15) is 11.6 Å². The van der Waals surface area contributed by atoms with E-state index in [-0.39, 0.29) is 18.6 Å². The molecule has 102 valence electrons. The normalized spacial score (nSPS) is 12.6. The van der Waals surface area contributed by atoms with Crippen molar-refractivity contribution < 1.29 is 9.50 Å². The molecule has 0 spiro atoms. The predicted molar refractivity (Wildman–Crippen MR) is 73.3 cm³/mol. The predicted octanol–water partition coefficient (Wildman–Crippen LogP) is 1.92. The molecule has 0 saturated heterocycles. The van der Waals surface area contributed by atoms with E-state index >= 15 is 0 Å². The molecular formula is C13H17FN4O. The number of nitrogens with two attached hydrogens (primary N) is 1. The Morgan fingerprint density at radius 1 is 1.42 bits per heavy atom. The molecule has 1 atom stereocenters. The Hall–Kier alpha value is -1.95. The molecule has 0 unspecified atom stereocenters. The Morgan fingerprint density at radius 2 is 2.21 bits per heavy atom. The third-order valence-electron chi connectivity index (χ3n) is 2.89. The molecule has 0 saturated carbocycles. The summed E-state index contributed by atoms with van der Waals surface area (Å²) in [5.41, 5.74) is 6.07. The first-order chi connectivity index (χ1) is 9.15. The van der Waals surface area contributed by atoms with Gasteiger partial charge in [0.2, 0.25) is 5.95 Å². The molecule has 0 fully saturated rings. The number of hydrogen-bond acceptors (Lipinski definition) is 5. The van der Waals surface area contributed by atoms with Crippen LogP contribution >= 0.6 is 0 Å². The minimum atomic E-state index is -0.409. The maximum absolute atomic E-state index is 13.9. The van der Waals surface area contributed by atoms with Crippen molar-refractivity contribution in [1.82, 2.24) is 9.97 Å². The van der Waals surface area contributed by atoms with Crippen LogP contribution in [0.25, 0.3) is 10.9 Å². The maximum Gasteiger partial charge on any atom is 0.222 e. The first-order valence-electron chi connectivity index (χ1n) is 6.24. The van der Waals surface area contributed by atoms with Crippen LogP contribution in [0.2, 0.25) is 0 Å². The van der Waals surface area contributed by atoms with Gasteiger partial charge in [-0.2, -0.15) is 4.98 Å². The summed E-state index contributed by atoms with van der Waals surface area (Å²) < 4.78 is 13.9. The summed E-state index contributed by atoms with van der Waals surface area (Å²) in [6, 6.07) is 4.42. The molecule has 0 amide bonds. The fraction of sp³-hybridized carbons (Fsp3) is 0.385. The third kappa shape index (κ3) is 2.90. The number of fused-ring (bicyclic) bond motifs is 1. The minimum absolute atomic E-state index is 0.0479. The number of anilines is 2. The molecule has 0 bridgehead atoms. The van der Waals surface area contributed by atoms with Gasteiger partial charge in [0.25, 0.3) is 0 Å². The lowest BCUT2D eigenvalue weighted by atomic mass is 10.1. The quantitative estimate of drug-likeness (QED) is 0.768.